The molecule has 0 saturated heterocycles. The lowest BCUT2D eigenvalue weighted by molar-refractivity contribution is 0.290. The van der Waals surface area contributed by atoms with Crippen LogP contribution in [0.15, 0.2) is 18.2 Å². The molecule has 21 heavy (non-hydrogen) atoms. The lowest BCUT2D eigenvalue weighted by Crippen LogP contribution is -1.97. The van der Waals surface area contributed by atoms with Crippen LogP contribution in [0.5, 0.6) is 0 Å². The predicted octanol–water partition coefficient (Wildman–Crippen LogP) is 4.07. The molecular weight excluding hydrogens is 263 g/mol. The molecule has 0 heterocycles. The molecule has 1 N–H and O–H groups in total. The molecular formula is C19H23FO. The summed E-state index contributed by atoms with van der Waals surface area (Å²) in [5.41, 5.74) is 1.27. The number of halogens is 1. The minimum atomic E-state index is -1.10. The van der Waals surface area contributed by atoms with Crippen molar-refractivity contribution < 1.29 is 9.50 Å². The van der Waals surface area contributed by atoms with Gasteiger partial charge in [0.05, 0.1) is 0 Å². The van der Waals surface area contributed by atoms with Gasteiger partial charge < -0.3 is 5.11 Å². The Morgan fingerprint density at radius 3 is 2.57 bits per heavy atom. The second-order valence-electron chi connectivity index (χ2n) is 5.16. The van der Waals surface area contributed by atoms with Gasteiger partial charge in [0.1, 0.15) is 5.82 Å². The average molecular weight is 286 g/mol. The molecule has 0 fully saturated rings. The summed E-state index contributed by atoms with van der Waals surface area (Å²) >= 11 is 0. The maximum Gasteiger partial charge on any atom is 0.176 e. The van der Waals surface area contributed by atoms with Crippen molar-refractivity contribution in [2.45, 2.75) is 58.0 Å². The van der Waals surface area contributed by atoms with E-state index >= 15 is 0 Å². The molecule has 1 aromatic carbocycles. The fraction of sp³-hybridized carbons (Fsp3) is 0.474. The zero-order valence-corrected chi connectivity index (χ0v) is 12.7. The van der Waals surface area contributed by atoms with Crippen LogP contribution in [0.1, 0.15) is 56.6 Å². The monoisotopic (exact) mass is 286 g/mol. The summed E-state index contributed by atoms with van der Waals surface area (Å²) in [6.07, 6.45) is 11.9. The van der Waals surface area contributed by atoms with Gasteiger partial charge in [0.2, 0.25) is 0 Å². The van der Waals surface area contributed by atoms with Gasteiger partial charge in [-0.05, 0) is 30.5 Å². The molecule has 0 bridgehead atoms. The molecule has 1 rings (SSSR count). The van der Waals surface area contributed by atoms with Gasteiger partial charge in [-0.2, -0.15) is 0 Å². The van der Waals surface area contributed by atoms with Crippen LogP contribution in [0.4, 0.5) is 4.39 Å². The highest BCUT2D eigenvalue weighted by atomic mass is 19.1. The Balaban J connectivity index is 2.47. The number of terminal acetylenes is 1. The minimum Gasteiger partial charge on any atom is -0.369 e. The van der Waals surface area contributed by atoms with E-state index < -0.39 is 6.10 Å². The highest BCUT2D eigenvalue weighted by Gasteiger charge is 2.03. The van der Waals surface area contributed by atoms with Gasteiger partial charge in [0.15, 0.2) is 6.10 Å². The van der Waals surface area contributed by atoms with Crippen molar-refractivity contribution in [3.63, 3.8) is 0 Å². The number of aliphatic hydroxyl groups excluding tert-OH is 1. The zero-order chi connectivity index (χ0) is 15.5. The maximum absolute atomic E-state index is 13.9. The average Bonchev–Trinajstić information content (AvgIpc) is 2.49. The second-order valence-corrected chi connectivity index (χ2v) is 5.16. The van der Waals surface area contributed by atoms with E-state index in [9.17, 15) is 4.39 Å². The van der Waals surface area contributed by atoms with Gasteiger partial charge >= 0.3 is 0 Å². The fourth-order valence-electron chi connectivity index (χ4n) is 2.12. The summed E-state index contributed by atoms with van der Waals surface area (Å²) in [7, 11) is 0. The van der Waals surface area contributed by atoms with Crippen LogP contribution in [0.2, 0.25) is 0 Å². The predicted molar refractivity (Wildman–Crippen MR) is 85.2 cm³/mol. The molecule has 1 aromatic rings. The highest BCUT2D eigenvalue weighted by Crippen LogP contribution is 2.14. The van der Waals surface area contributed by atoms with Crippen molar-refractivity contribution in [3.8, 4) is 24.2 Å². The third kappa shape index (κ3) is 6.98. The van der Waals surface area contributed by atoms with Crippen molar-refractivity contribution >= 4 is 0 Å². The zero-order valence-electron chi connectivity index (χ0n) is 12.7. The number of unbranched alkanes of at least 4 members (excludes halogenated alkanes) is 5. The van der Waals surface area contributed by atoms with Gasteiger partial charge in [-0.3, -0.25) is 0 Å². The summed E-state index contributed by atoms with van der Waals surface area (Å²) in [5.74, 6) is 7.01. The maximum atomic E-state index is 13.9. The number of benzene rings is 1. The second kappa shape index (κ2) is 10.0. The van der Waals surface area contributed by atoms with Crippen LogP contribution in [-0.4, -0.2) is 11.2 Å². The first kappa shape index (κ1) is 17.3. The van der Waals surface area contributed by atoms with E-state index in [4.69, 9.17) is 11.5 Å². The Hall–Kier alpha value is -1.77. The van der Waals surface area contributed by atoms with E-state index in [-0.39, 0.29) is 5.82 Å². The number of hydrogen-bond acceptors (Lipinski definition) is 1. The molecule has 0 aliphatic carbocycles. The SMILES string of the molecule is C#CC(O)C#Cc1ccc(CCCCCCCC)c(F)c1. The number of aliphatic hydroxyl groups is 1. The quantitative estimate of drug-likeness (QED) is 0.591. The van der Waals surface area contributed by atoms with Gasteiger partial charge in [-0.25, -0.2) is 4.39 Å². The molecule has 0 radical (unpaired) electrons. The first-order chi connectivity index (χ1) is 10.2. The van der Waals surface area contributed by atoms with Crippen LogP contribution < -0.4 is 0 Å². The molecule has 0 aromatic heterocycles. The molecule has 1 unspecified atom stereocenters. The molecule has 0 spiro atoms. The molecule has 0 amide bonds. The summed E-state index contributed by atoms with van der Waals surface area (Å²) < 4.78 is 13.9. The van der Waals surface area contributed by atoms with E-state index in [1.54, 1.807) is 12.1 Å². The summed E-state index contributed by atoms with van der Waals surface area (Å²) in [6.45, 7) is 2.20. The van der Waals surface area contributed by atoms with Crippen molar-refractivity contribution in [2.75, 3.05) is 0 Å². The van der Waals surface area contributed by atoms with Gasteiger partial charge in [0.25, 0.3) is 0 Å². The highest BCUT2D eigenvalue weighted by molar-refractivity contribution is 5.38. The number of aryl methyl sites for hydroxylation is 1. The normalized spacial score (nSPS) is 11.3. The Morgan fingerprint density at radius 1 is 1.19 bits per heavy atom. The van der Waals surface area contributed by atoms with Crippen molar-refractivity contribution in [1.82, 2.24) is 0 Å². The van der Waals surface area contributed by atoms with Gasteiger partial charge in [-0.1, -0.05) is 62.9 Å². The number of hydrogen-bond donors (Lipinski definition) is 1. The smallest absolute Gasteiger partial charge is 0.176 e. The molecule has 2 heteroatoms. The summed E-state index contributed by atoms with van der Waals surface area (Å²) in [5, 5.41) is 9.14. The van der Waals surface area contributed by atoms with Crippen LogP contribution in [0, 0.1) is 30.0 Å². The standard InChI is InChI=1S/C19H23FO/c1-3-5-6-7-8-9-10-17-13-11-16(15-19(17)20)12-14-18(21)4-2/h2,11,13,15,18,21H,3,5-10H2,1H3. The molecule has 1 nitrogen and oxygen atoms in total. The fourth-order valence-corrected chi connectivity index (χ4v) is 2.12. The van der Waals surface area contributed by atoms with E-state index in [0.717, 1.165) is 24.8 Å². The van der Waals surface area contributed by atoms with E-state index in [1.165, 1.54) is 31.7 Å². The summed E-state index contributed by atoms with van der Waals surface area (Å²) in [4.78, 5) is 0. The Kier molecular flexibility index (Phi) is 8.25. The number of rotatable bonds is 7. The van der Waals surface area contributed by atoms with Crippen LogP contribution in [0.25, 0.3) is 0 Å². The van der Waals surface area contributed by atoms with E-state index in [2.05, 4.69) is 24.7 Å². The van der Waals surface area contributed by atoms with Crippen LogP contribution in [-0.2, 0) is 6.42 Å². The van der Waals surface area contributed by atoms with Gasteiger partial charge in [-0.15, -0.1) is 6.42 Å². The molecule has 0 aliphatic rings. The van der Waals surface area contributed by atoms with Crippen LogP contribution in [0.3, 0.4) is 0 Å². The van der Waals surface area contributed by atoms with Crippen LogP contribution >= 0.6 is 0 Å². The van der Waals surface area contributed by atoms with Crippen molar-refractivity contribution in [3.05, 3.63) is 35.1 Å². The summed E-state index contributed by atoms with van der Waals surface area (Å²) in [6, 6.07) is 4.95. The molecule has 1 atom stereocenters. The Bertz CT molecular complexity index is 531. The molecule has 0 saturated carbocycles. The van der Waals surface area contributed by atoms with E-state index in [0.29, 0.717) is 5.56 Å². The topological polar surface area (TPSA) is 20.2 Å². The lowest BCUT2D eigenvalue weighted by Gasteiger charge is -2.04. The Labute approximate surface area is 127 Å². The minimum absolute atomic E-state index is 0.231. The van der Waals surface area contributed by atoms with Crippen molar-refractivity contribution in [1.29, 1.82) is 0 Å². The Morgan fingerprint density at radius 2 is 1.90 bits per heavy atom. The first-order valence-corrected chi connectivity index (χ1v) is 7.61. The van der Waals surface area contributed by atoms with E-state index in [1.807, 2.05) is 0 Å². The third-order valence-electron chi connectivity index (χ3n) is 3.36. The molecule has 0 aliphatic heterocycles. The third-order valence-corrected chi connectivity index (χ3v) is 3.36. The van der Waals surface area contributed by atoms with Crippen molar-refractivity contribution in [2.24, 2.45) is 0 Å². The molecule has 112 valence electrons. The lowest BCUT2D eigenvalue weighted by atomic mass is 10.0. The first-order valence-electron chi connectivity index (χ1n) is 7.61. The van der Waals surface area contributed by atoms with Gasteiger partial charge in [0, 0.05) is 5.56 Å². The largest absolute Gasteiger partial charge is 0.369 e.